The molecule has 2 N–H and O–H groups in total. The van der Waals surface area contributed by atoms with E-state index in [0.29, 0.717) is 12.0 Å². The third kappa shape index (κ3) is 4.33. The lowest BCUT2D eigenvalue weighted by Crippen LogP contribution is -2.26. The zero-order valence-electron chi connectivity index (χ0n) is 18.5. The van der Waals surface area contributed by atoms with Crippen molar-refractivity contribution in [1.82, 2.24) is 19.5 Å². The maximum atomic E-state index is 4.81. The molecule has 2 unspecified atom stereocenters. The second-order valence-electron chi connectivity index (χ2n) is 9.72. The molecule has 1 aromatic carbocycles. The Labute approximate surface area is 183 Å². The van der Waals surface area contributed by atoms with Gasteiger partial charge in [0.1, 0.15) is 17.8 Å². The van der Waals surface area contributed by atoms with Crippen LogP contribution in [0.5, 0.6) is 0 Å². The zero-order chi connectivity index (χ0) is 21.4. The second kappa shape index (κ2) is 7.84. The van der Waals surface area contributed by atoms with Crippen molar-refractivity contribution in [1.29, 1.82) is 0 Å². The maximum absolute atomic E-state index is 4.81. The lowest BCUT2D eigenvalue weighted by molar-refractivity contribution is 0.496. The van der Waals surface area contributed by atoms with Crippen LogP contribution in [0.1, 0.15) is 46.1 Å². The molecule has 6 heteroatoms. The Morgan fingerprint density at radius 1 is 1.06 bits per heavy atom. The first kappa shape index (κ1) is 19.8. The van der Waals surface area contributed by atoms with Crippen molar-refractivity contribution >= 4 is 33.4 Å². The van der Waals surface area contributed by atoms with Gasteiger partial charge in [-0.2, -0.15) is 0 Å². The molecule has 160 valence electrons. The average Bonchev–Trinajstić information content (AvgIpc) is 3.37. The lowest BCUT2D eigenvalue weighted by Gasteiger charge is -2.21. The number of aromatic nitrogens is 4. The standard InChI is InChI=1S/C25H30N6/c1-25(2,3)30-23-9-6-18-5-7-20(13-22(18)29-23)27-14-17-4-8-21(12-17)31-11-10-19-15-26-16-28-24(19)31/h5-7,9-11,13,15-17,21,27H,4,8,12,14H2,1-3H3,(H,29,30). The van der Waals surface area contributed by atoms with Gasteiger partial charge in [-0.1, -0.05) is 6.07 Å². The van der Waals surface area contributed by atoms with E-state index in [1.165, 1.54) is 19.3 Å². The molecular formula is C25H30N6. The summed E-state index contributed by atoms with van der Waals surface area (Å²) in [4.78, 5) is 13.4. The van der Waals surface area contributed by atoms with Crippen LogP contribution in [-0.4, -0.2) is 31.6 Å². The molecule has 3 aromatic heterocycles. The van der Waals surface area contributed by atoms with E-state index >= 15 is 0 Å². The highest BCUT2D eigenvalue weighted by Crippen LogP contribution is 2.36. The van der Waals surface area contributed by atoms with Gasteiger partial charge in [0, 0.05) is 47.0 Å². The summed E-state index contributed by atoms with van der Waals surface area (Å²) in [6.45, 7) is 7.43. The Kier molecular flexibility index (Phi) is 5.00. The van der Waals surface area contributed by atoms with E-state index in [2.05, 4.69) is 88.5 Å². The van der Waals surface area contributed by atoms with Crippen LogP contribution in [0, 0.1) is 5.92 Å². The predicted molar refractivity (Wildman–Crippen MR) is 128 cm³/mol. The van der Waals surface area contributed by atoms with E-state index in [4.69, 9.17) is 4.98 Å². The number of hydrogen-bond donors (Lipinski definition) is 2. The van der Waals surface area contributed by atoms with Crippen molar-refractivity contribution in [2.45, 2.75) is 51.6 Å². The van der Waals surface area contributed by atoms with Gasteiger partial charge in [0.15, 0.2) is 0 Å². The number of rotatable bonds is 5. The lowest BCUT2D eigenvalue weighted by atomic mass is 10.1. The molecular weight excluding hydrogens is 384 g/mol. The van der Waals surface area contributed by atoms with E-state index in [9.17, 15) is 0 Å². The van der Waals surface area contributed by atoms with E-state index in [1.807, 2.05) is 6.20 Å². The molecule has 1 fully saturated rings. The molecule has 1 saturated carbocycles. The van der Waals surface area contributed by atoms with Crippen molar-refractivity contribution in [2.24, 2.45) is 5.92 Å². The van der Waals surface area contributed by atoms with Gasteiger partial charge >= 0.3 is 0 Å². The first-order valence-corrected chi connectivity index (χ1v) is 11.1. The van der Waals surface area contributed by atoms with E-state index in [0.717, 1.165) is 40.0 Å². The van der Waals surface area contributed by atoms with Crippen molar-refractivity contribution in [3.63, 3.8) is 0 Å². The summed E-state index contributed by atoms with van der Waals surface area (Å²) in [5.74, 6) is 1.57. The van der Waals surface area contributed by atoms with Gasteiger partial charge < -0.3 is 15.2 Å². The highest BCUT2D eigenvalue weighted by atomic mass is 15.1. The van der Waals surface area contributed by atoms with Crippen LogP contribution in [0.4, 0.5) is 11.5 Å². The van der Waals surface area contributed by atoms with Gasteiger partial charge in [0.25, 0.3) is 0 Å². The molecule has 1 aliphatic carbocycles. The number of anilines is 2. The van der Waals surface area contributed by atoms with Crippen LogP contribution in [0.15, 0.2) is 55.1 Å². The van der Waals surface area contributed by atoms with Gasteiger partial charge in [-0.05, 0) is 76.3 Å². The minimum Gasteiger partial charge on any atom is -0.385 e. The fourth-order valence-corrected chi connectivity index (χ4v) is 4.62. The Morgan fingerprint density at radius 2 is 1.94 bits per heavy atom. The molecule has 4 aromatic rings. The SMILES string of the molecule is CC(C)(C)Nc1ccc2ccc(NCC3CCC(n4ccc5cncnc54)C3)cc2n1. The number of nitrogens with one attached hydrogen (secondary N) is 2. The summed E-state index contributed by atoms with van der Waals surface area (Å²) in [6.07, 6.45) is 9.30. The molecule has 6 nitrogen and oxygen atoms in total. The first-order valence-electron chi connectivity index (χ1n) is 11.1. The number of hydrogen-bond acceptors (Lipinski definition) is 5. The monoisotopic (exact) mass is 414 g/mol. The van der Waals surface area contributed by atoms with E-state index in [-0.39, 0.29) is 5.54 Å². The Hall–Kier alpha value is -3.15. The van der Waals surface area contributed by atoms with E-state index < -0.39 is 0 Å². The quantitative estimate of drug-likeness (QED) is 0.442. The van der Waals surface area contributed by atoms with Crippen LogP contribution in [-0.2, 0) is 0 Å². The summed E-state index contributed by atoms with van der Waals surface area (Å²) >= 11 is 0. The maximum Gasteiger partial charge on any atom is 0.143 e. The zero-order valence-corrected chi connectivity index (χ0v) is 18.5. The topological polar surface area (TPSA) is 67.7 Å². The largest absolute Gasteiger partial charge is 0.385 e. The van der Waals surface area contributed by atoms with Crippen molar-refractivity contribution in [3.05, 3.63) is 55.1 Å². The molecule has 0 spiro atoms. The van der Waals surface area contributed by atoms with E-state index in [1.54, 1.807) is 6.33 Å². The molecule has 31 heavy (non-hydrogen) atoms. The number of nitrogens with zero attached hydrogens (tertiary/aromatic N) is 4. The summed E-state index contributed by atoms with van der Waals surface area (Å²) < 4.78 is 2.33. The number of fused-ring (bicyclic) bond motifs is 2. The minimum atomic E-state index is -0.00731. The van der Waals surface area contributed by atoms with Crippen LogP contribution < -0.4 is 10.6 Å². The molecule has 5 rings (SSSR count). The molecule has 0 bridgehead atoms. The molecule has 0 radical (unpaired) electrons. The second-order valence-corrected chi connectivity index (χ2v) is 9.72. The van der Waals surface area contributed by atoms with Crippen LogP contribution in [0.25, 0.3) is 21.9 Å². The predicted octanol–water partition coefficient (Wildman–Crippen LogP) is 5.64. The summed E-state index contributed by atoms with van der Waals surface area (Å²) in [7, 11) is 0. The smallest absolute Gasteiger partial charge is 0.143 e. The molecule has 2 atom stereocenters. The van der Waals surface area contributed by atoms with Crippen molar-refractivity contribution in [2.75, 3.05) is 17.2 Å². The third-order valence-corrected chi connectivity index (χ3v) is 6.07. The average molecular weight is 415 g/mol. The summed E-state index contributed by atoms with van der Waals surface area (Å²) in [5, 5.41) is 9.39. The molecule has 3 heterocycles. The number of pyridine rings is 1. The normalized spacial score (nSPS) is 19.2. The summed E-state index contributed by atoms with van der Waals surface area (Å²) in [5.41, 5.74) is 3.19. The Balaban J connectivity index is 1.24. The molecule has 0 saturated heterocycles. The third-order valence-electron chi connectivity index (χ3n) is 6.07. The van der Waals surface area contributed by atoms with Gasteiger partial charge in [-0.25, -0.2) is 15.0 Å². The Morgan fingerprint density at radius 3 is 2.81 bits per heavy atom. The van der Waals surface area contributed by atoms with Gasteiger partial charge in [-0.3, -0.25) is 0 Å². The minimum absolute atomic E-state index is 0.00731. The van der Waals surface area contributed by atoms with Crippen LogP contribution >= 0.6 is 0 Å². The fourth-order valence-electron chi connectivity index (χ4n) is 4.62. The molecule has 1 aliphatic rings. The van der Waals surface area contributed by atoms with Crippen LogP contribution in [0.2, 0.25) is 0 Å². The van der Waals surface area contributed by atoms with Crippen molar-refractivity contribution < 1.29 is 0 Å². The Bertz CT molecular complexity index is 1210. The highest BCUT2D eigenvalue weighted by Gasteiger charge is 2.26. The summed E-state index contributed by atoms with van der Waals surface area (Å²) in [6, 6.07) is 13.3. The number of benzene rings is 1. The fraction of sp³-hybridized carbons (Fsp3) is 0.400. The van der Waals surface area contributed by atoms with Gasteiger partial charge in [0.2, 0.25) is 0 Å². The van der Waals surface area contributed by atoms with Gasteiger partial charge in [0.05, 0.1) is 5.52 Å². The van der Waals surface area contributed by atoms with Crippen molar-refractivity contribution in [3.8, 4) is 0 Å². The van der Waals surface area contributed by atoms with Crippen LogP contribution in [0.3, 0.4) is 0 Å². The molecule has 0 amide bonds. The first-order chi connectivity index (χ1) is 14.9. The highest BCUT2D eigenvalue weighted by molar-refractivity contribution is 5.83. The van der Waals surface area contributed by atoms with Gasteiger partial charge in [-0.15, -0.1) is 0 Å². The molecule has 0 aliphatic heterocycles.